The predicted molar refractivity (Wildman–Crippen MR) is 60.8 cm³/mol. The van der Waals surface area contributed by atoms with Crippen LogP contribution in [0.2, 0.25) is 0 Å². The topological polar surface area (TPSA) is 26.0 Å². The molecule has 0 bridgehead atoms. The summed E-state index contributed by atoms with van der Waals surface area (Å²) in [5, 5.41) is 2.43. The van der Waals surface area contributed by atoms with Gasteiger partial charge >= 0.3 is 0 Å². The Bertz CT molecular complexity index is 463. The van der Waals surface area contributed by atoms with Gasteiger partial charge in [-0.3, -0.25) is 0 Å². The molecule has 0 saturated heterocycles. The molecule has 0 aliphatic carbocycles. The molecule has 2 N–H and O–H groups in total. The third-order valence-corrected chi connectivity index (χ3v) is 3.01. The Balaban J connectivity index is 2.94. The van der Waals surface area contributed by atoms with Gasteiger partial charge in [-0.15, -0.1) is 0 Å². The highest BCUT2D eigenvalue weighted by molar-refractivity contribution is 9.10. The standard InChI is InChI=1S/C11H10BrN/c1-7-8-3-2-4-10(12)9(8)5-6-11(7)13/h2-6H,13H2,1H3. The summed E-state index contributed by atoms with van der Waals surface area (Å²) < 4.78 is 1.12. The molecule has 0 fully saturated rings. The molecule has 66 valence electrons. The molecule has 0 atom stereocenters. The second kappa shape index (κ2) is 3.04. The van der Waals surface area contributed by atoms with Crippen molar-refractivity contribution in [3.8, 4) is 0 Å². The average molecular weight is 236 g/mol. The molecule has 13 heavy (non-hydrogen) atoms. The molecule has 0 unspecified atom stereocenters. The lowest BCUT2D eigenvalue weighted by molar-refractivity contribution is 1.52. The highest BCUT2D eigenvalue weighted by atomic mass is 79.9. The maximum Gasteiger partial charge on any atom is 0.0350 e. The number of rotatable bonds is 0. The first-order chi connectivity index (χ1) is 6.20. The molecule has 0 aliphatic heterocycles. The summed E-state index contributed by atoms with van der Waals surface area (Å²) in [7, 11) is 0. The lowest BCUT2D eigenvalue weighted by Crippen LogP contribution is -1.90. The molecule has 2 heteroatoms. The molecule has 0 aromatic heterocycles. The van der Waals surface area contributed by atoms with E-state index in [0.717, 1.165) is 15.7 Å². The molecule has 0 heterocycles. The van der Waals surface area contributed by atoms with E-state index in [9.17, 15) is 0 Å². The van der Waals surface area contributed by atoms with Gasteiger partial charge in [-0.25, -0.2) is 0 Å². The van der Waals surface area contributed by atoms with E-state index in [4.69, 9.17) is 5.73 Å². The number of benzene rings is 2. The van der Waals surface area contributed by atoms with Crippen LogP contribution in [0.25, 0.3) is 10.8 Å². The minimum absolute atomic E-state index is 0.852. The van der Waals surface area contributed by atoms with Crippen LogP contribution < -0.4 is 5.73 Å². The van der Waals surface area contributed by atoms with Crippen LogP contribution in [-0.4, -0.2) is 0 Å². The Morgan fingerprint density at radius 2 is 1.85 bits per heavy atom. The minimum atomic E-state index is 0.852. The number of nitrogens with two attached hydrogens (primary N) is 1. The molecule has 0 radical (unpaired) electrons. The fourth-order valence-corrected chi connectivity index (χ4v) is 1.99. The van der Waals surface area contributed by atoms with Gasteiger partial charge in [-0.1, -0.05) is 34.1 Å². The fourth-order valence-electron chi connectivity index (χ4n) is 1.49. The SMILES string of the molecule is Cc1c(N)ccc2c(Br)cccc12. The van der Waals surface area contributed by atoms with E-state index in [1.165, 1.54) is 10.8 Å². The second-order valence-corrected chi connectivity index (χ2v) is 3.97. The van der Waals surface area contributed by atoms with Gasteiger partial charge < -0.3 is 5.73 Å². The number of nitrogen functional groups attached to an aromatic ring is 1. The van der Waals surface area contributed by atoms with Gasteiger partial charge in [0, 0.05) is 10.2 Å². The maximum absolute atomic E-state index is 5.82. The zero-order chi connectivity index (χ0) is 9.42. The van der Waals surface area contributed by atoms with Crippen LogP contribution in [0.1, 0.15) is 5.56 Å². The highest BCUT2D eigenvalue weighted by Gasteiger charge is 2.02. The van der Waals surface area contributed by atoms with Crippen molar-refractivity contribution in [1.82, 2.24) is 0 Å². The summed E-state index contributed by atoms with van der Waals surface area (Å²) in [5.41, 5.74) is 7.82. The number of halogens is 1. The lowest BCUT2D eigenvalue weighted by atomic mass is 10.0. The number of anilines is 1. The van der Waals surface area contributed by atoms with E-state index < -0.39 is 0 Å². The van der Waals surface area contributed by atoms with E-state index in [1.807, 2.05) is 31.2 Å². The first-order valence-electron chi connectivity index (χ1n) is 4.13. The number of hydrogen-bond acceptors (Lipinski definition) is 1. The van der Waals surface area contributed by atoms with Crippen molar-refractivity contribution < 1.29 is 0 Å². The van der Waals surface area contributed by atoms with Gasteiger partial charge in [0.05, 0.1) is 0 Å². The molecule has 0 aliphatic rings. The van der Waals surface area contributed by atoms with Gasteiger partial charge in [-0.2, -0.15) is 0 Å². The Kier molecular flexibility index (Phi) is 2.00. The monoisotopic (exact) mass is 235 g/mol. The van der Waals surface area contributed by atoms with E-state index in [0.29, 0.717) is 0 Å². The Labute approximate surface area is 85.7 Å². The van der Waals surface area contributed by atoms with Gasteiger partial charge in [0.2, 0.25) is 0 Å². The molecule has 2 aromatic rings. The fraction of sp³-hybridized carbons (Fsp3) is 0.0909. The Hall–Kier alpha value is -1.02. The quantitative estimate of drug-likeness (QED) is 0.696. The third kappa shape index (κ3) is 1.31. The first-order valence-corrected chi connectivity index (χ1v) is 4.93. The van der Waals surface area contributed by atoms with Gasteiger partial charge in [-0.05, 0) is 35.4 Å². The van der Waals surface area contributed by atoms with Crippen molar-refractivity contribution >= 4 is 32.4 Å². The third-order valence-electron chi connectivity index (χ3n) is 2.32. The molecule has 2 rings (SSSR count). The van der Waals surface area contributed by atoms with Crippen molar-refractivity contribution in [2.45, 2.75) is 6.92 Å². The first kappa shape index (κ1) is 8.57. The Morgan fingerprint density at radius 3 is 2.62 bits per heavy atom. The average Bonchev–Trinajstić information content (AvgIpc) is 2.12. The van der Waals surface area contributed by atoms with Crippen molar-refractivity contribution in [3.63, 3.8) is 0 Å². The second-order valence-electron chi connectivity index (χ2n) is 3.11. The highest BCUT2D eigenvalue weighted by Crippen LogP contribution is 2.28. The van der Waals surface area contributed by atoms with Crippen LogP contribution in [-0.2, 0) is 0 Å². The lowest BCUT2D eigenvalue weighted by Gasteiger charge is -2.06. The van der Waals surface area contributed by atoms with Crippen LogP contribution in [0.4, 0.5) is 5.69 Å². The van der Waals surface area contributed by atoms with Crippen molar-refractivity contribution in [1.29, 1.82) is 0 Å². The molecule has 2 aromatic carbocycles. The van der Waals surface area contributed by atoms with Crippen LogP contribution in [0, 0.1) is 6.92 Å². The van der Waals surface area contributed by atoms with E-state index >= 15 is 0 Å². The van der Waals surface area contributed by atoms with Gasteiger partial charge in [0.25, 0.3) is 0 Å². The van der Waals surface area contributed by atoms with Crippen LogP contribution in [0.15, 0.2) is 34.8 Å². The molecular weight excluding hydrogens is 226 g/mol. The van der Waals surface area contributed by atoms with Gasteiger partial charge in [0.1, 0.15) is 0 Å². The zero-order valence-electron chi connectivity index (χ0n) is 7.34. The number of hydrogen-bond donors (Lipinski definition) is 1. The minimum Gasteiger partial charge on any atom is -0.398 e. The van der Waals surface area contributed by atoms with Crippen LogP contribution >= 0.6 is 15.9 Å². The van der Waals surface area contributed by atoms with Crippen molar-refractivity contribution in [2.24, 2.45) is 0 Å². The van der Waals surface area contributed by atoms with Crippen molar-refractivity contribution in [3.05, 3.63) is 40.4 Å². The van der Waals surface area contributed by atoms with Crippen molar-refractivity contribution in [2.75, 3.05) is 5.73 Å². The van der Waals surface area contributed by atoms with E-state index in [2.05, 4.69) is 22.0 Å². The van der Waals surface area contributed by atoms with Crippen LogP contribution in [0.3, 0.4) is 0 Å². The smallest absolute Gasteiger partial charge is 0.0350 e. The molecule has 0 spiro atoms. The van der Waals surface area contributed by atoms with E-state index in [-0.39, 0.29) is 0 Å². The predicted octanol–water partition coefficient (Wildman–Crippen LogP) is 3.49. The summed E-state index contributed by atoms with van der Waals surface area (Å²) >= 11 is 3.51. The maximum atomic E-state index is 5.82. The molecule has 1 nitrogen and oxygen atoms in total. The Morgan fingerprint density at radius 1 is 1.08 bits per heavy atom. The molecule has 0 amide bonds. The summed E-state index contributed by atoms with van der Waals surface area (Å²) in [4.78, 5) is 0. The summed E-state index contributed by atoms with van der Waals surface area (Å²) in [6, 6.07) is 10.1. The van der Waals surface area contributed by atoms with Crippen LogP contribution in [0.5, 0.6) is 0 Å². The molecule has 0 saturated carbocycles. The molecular formula is C11H10BrN. The zero-order valence-corrected chi connectivity index (χ0v) is 8.93. The largest absolute Gasteiger partial charge is 0.398 e. The number of aryl methyl sites for hydroxylation is 1. The summed E-state index contributed by atoms with van der Waals surface area (Å²) in [6.45, 7) is 2.05. The van der Waals surface area contributed by atoms with E-state index in [1.54, 1.807) is 0 Å². The normalized spacial score (nSPS) is 10.6. The number of fused-ring (bicyclic) bond motifs is 1. The summed E-state index contributed by atoms with van der Waals surface area (Å²) in [5.74, 6) is 0. The summed E-state index contributed by atoms with van der Waals surface area (Å²) in [6.07, 6.45) is 0. The van der Waals surface area contributed by atoms with Gasteiger partial charge in [0.15, 0.2) is 0 Å².